The van der Waals surface area contributed by atoms with Gasteiger partial charge in [-0.2, -0.15) is 0 Å². The number of hydrogen-bond acceptors (Lipinski definition) is 4. The molecular weight excluding hydrogens is 431 g/mol. The number of halogens is 1. The smallest absolute Gasteiger partial charge is 0.253 e. The second kappa shape index (κ2) is 9.50. The highest BCUT2D eigenvalue weighted by Gasteiger charge is 2.28. The molecule has 0 aromatic heterocycles. The molecule has 3 aromatic rings. The molecule has 8 heteroatoms. The monoisotopic (exact) mass is 454 g/mol. The summed E-state index contributed by atoms with van der Waals surface area (Å²) in [5.74, 6) is 0.530. The molecule has 0 radical (unpaired) electrons. The zero-order valence-corrected chi connectivity index (χ0v) is 18.1. The highest BCUT2D eigenvalue weighted by Crippen LogP contribution is 2.23. The fourth-order valence-corrected chi connectivity index (χ4v) is 4.94. The molecule has 166 valence electrons. The van der Waals surface area contributed by atoms with Gasteiger partial charge in [-0.15, -0.1) is 0 Å². The maximum atomic E-state index is 13.4. The van der Waals surface area contributed by atoms with Gasteiger partial charge in [0.05, 0.1) is 4.90 Å². The van der Waals surface area contributed by atoms with Crippen LogP contribution in [0.15, 0.2) is 83.8 Å². The Kier molecular flexibility index (Phi) is 6.53. The Hall–Kier alpha value is -3.23. The number of ether oxygens (including phenoxy) is 1. The summed E-state index contributed by atoms with van der Waals surface area (Å²) < 4.78 is 47.0. The van der Waals surface area contributed by atoms with Crippen molar-refractivity contribution in [2.45, 2.75) is 23.8 Å². The number of nitrogens with zero attached hydrogens (tertiary/aromatic N) is 1. The van der Waals surface area contributed by atoms with E-state index in [4.69, 9.17) is 4.74 Å². The molecule has 1 aliphatic rings. The van der Waals surface area contributed by atoms with Crippen LogP contribution in [0.2, 0.25) is 0 Å². The van der Waals surface area contributed by atoms with Gasteiger partial charge in [-0.3, -0.25) is 4.79 Å². The van der Waals surface area contributed by atoms with E-state index >= 15 is 0 Å². The largest absolute Gasteiger partial charge is 0.457 e. The topological polar surface area (TPSA) is 75.7 Å². The summed E-state index contributed by atoms with van der Waals surface area (Å²) >= 11 is 0. The van der Waals surface area contributed by atoms with Gasteiger partial charge in [-0.25, -0.2) is 17.5 Å². The highest BCUT2D eigenvalue weighted by atomic mass is 32.2. The van der Waals surface area contributed by atoms with Crippen LogP contribution in [0, 0.1) is 5.82 Å². The van der Waals surface area contributed by atoms with Gasteiger partial charge in [-0.1, -0.05) is 24.3 Å². The number of sulfonamides is 1. The minimum atomic E-state index is -3.88. The first-order valence-electron chi connectivity index (χ1n) is 10.3. The van der Waals surface area contributed by atoms with E-state index in [9.17, 15) is 17.6 Å². The molecule has 0 saturated carbocycles. The first-order valence-corrected chi connectivity index (χ1v) is 11.8. The van der Waals surface area contributed by atoms with Crippen molar-refractivity contribution in [2.24, 2.45) is 0 Å². The van der Waals surface area contributed by atoms with Gasteiger partial charge in [0.2, 0.25) is 10.0 Å². The Morgan fingerprint density at radius 3 is 2.41 bits per heavy atom. The second-order valence-corrected chi connectivity index (χ2v) is 9.32. The molecule has 1 atom stereocenters. The van der Waals surface area contributed by atoms with Gasteiger partial charge in [0.1, 0.15) is 17.3 Å². The molecule has 1 N–H and O–H groups in total. The molecule has 0 bridgehead atoms. The number of carbonyl (C=O) groups excluding carboxylic acids is 1. The molecule has 1 amide bonds. The van der Waals surface area contributed by atoms with Gasteiger partial charge >= 0.3 is 0 Å². The summed E-state index contributed by atoms with van der Waals surface area (Å²) in [4.78, 5) is 14.5. The minimum absolute atomic E-state index is 0.130. The van der Waals surface area contributed by atoms with Crippen molar-refractivity contribution in [1.29, 1.82) is 0 Å². The highest BCUT2D eigenvalue weighted by molar-refractivity contribution is 7.89. The molecular formula is C24H23FN2O4S. The number of amides is 1. The lowest BCUT2D eigenvalue weighted by atomic mass is 10.1. The van der Waals surface area contributed by atoms with Crippen LogP contribution in [-0.4, -0.2) is 38.4 Å². The third-order valence-electron chi connectivity index (χ3n) is 5.22. The predicted molar refractivity (Wildman–Crippen MR) is 119 cm³/mol. The van der Waals surface area contributed by atoms with E-state index in [0.29, 0.717) is 36.4 Å². The molecule has 1 aliphatic heterocycles. The third-order valence-corrected chi connectivity index (χ3v) is 6.74. The van der Waals surface area contributed by atoms with E-state index in [1.807, 2.05) is 30.3 Å². The predicted octanol–water partition coefficient (Wildman–Crippen LogP) is 4.20. The summed E-state index contributed by atoms with van der Waals surface area (Å²) in [6, 6.07) is 20.6. The molecule has 0 spiro atoms. The minimum Gasteiger partial charge on any atom is -0.457 e. The van der Waals surface area contributed by atoms with Crippen molar-refractivity contribution >= 4 is 15.9 Å². The summed E-state index contributed by atoms with van der Waals surface area (Å²) in [6.45, 7) is 0.787. The Morgan fingerprint density at radius 1 is 0.969 bits per heavy atom. The van der Waals surface area contributed by atoms with Gasteiger partial charge < -0.3 is 9.64 Å². The van der Waals surface area contributed by atoms with Crippen molar-refractivity contribution in [1.82, 2.24) is 9.62 Å². The molecule has 1 heterocycles. The van der Waals surface area contributed by atoms with Crippen molar-refractivity contribution in [3.8, 4) is 11.5 Å². The Labute approximate surface area is 186 Å². The third kappa shape index (κ3) is 5.33. The zero-order chi connectivity index (χ0) is 22.6. The molecule has 1 unspecified atom stereocenters. The number of nitrogens with one attached hydrogen (secondary N) is 1. The zero-order valence-electron chi connectivity index (χ0n) is 17.3. The van der Waals surface area contributed by atoms with Crippen LogP contribution in [-0.2, 0) is 10.0 Å². The standard InChI is InChI=1S/C24H23FN2O4S/c25-19-6-4-10-23(16-19)32(29,30)26-20-7-5-15-27(17-20)24(28)18-11-13-22(14-12-18)31-21-8-2-1-3-9-21/h1-4,6,8-14,16,20,26H,5,7,15,17H2. The van der Waals surface area contributed by atoms with E-state index < -0.39 is 21.9 Å². The molecule has 4 rings (SSSR count). The van der Waals surface area contributed by atoms with Crippen molar-refractivity contribution < 1.29 is 22.3 Å². The van der Waals surface area contributed by atoms with Gasteiger partial charge in [0, 0.05) is 24.7 Å². The maximum Gasteiger partial charge on any atom is 0.253 e. The van der Waals surface area contributed by atoms with E-state index in [2.05, 4.69) is 4.72 Å². The lowest BCUT2D eigenvalue weighted by Crippen LogP contribution is -2.49. The molecule has 32 heavy (non-hydrogen) atoms. The van der Waals surface area contributed by atoms with E-state index in [1.54, 1.807) is 29.2 Å². The number of benzene rings is 3. The normalized spacial score (nSPS) is 16.5. The van der Waals surface area contributed by atoms with Crippen LogP contribution in [0.3, 0.4) is 0 Å². The summed E-state index contributed by atoms with van der Waals surface area (Å²) in [5, 5.41) is 0. The van der Waals surface area contributed by atoms with Crippen molar-refractivity contribution in [3.05, 3.63) is 90.2 Å². The second-order valence-electron chi connectivity index (χ2n) is 7.61. The number of hydrogen-bond donors (Lipinski definition) is 1. The number of rotatable bonds is 6. The summed E-state index contributed by atoms with van der Waals surface area (Å²) in [5.41, 5.74) is 0.499. The SMILES string of the molecule is O=C(c1ccc(Oc2ccccc2)cc1)N1CCCC(NS(=O)(=O)c2cccc(F)c2)C1. The fourth-order valence-electron chi connectivity index (χ4n) is 3.65. The Morgan fingerprint density at radius 2 is 1.69 bits per heavy atom. The molecule has 1 saturated heterocycles. The number of likely N-dealkylation sites (tertiary alicyclic amines) is 1. The lowest BCUT2D eigenvalue weighted by Gasteiger charge is -2.33. The quantitative estimate of drug-likeness (QED) is 0.606. The summed E-state index contributed by atoms with van der Waals surface area (Å²) in [6.07, 6.45) is 1.26. The van der Waals surface area contributed by atoms with Gasteiger partial charge in [0.25, 0.3) is 5.91 Å². The first-order chi connectivity index (χ1) is 15.4. The van der Waals surface area contributed by atoms with Crippen LogP contribution < -0.4 is 9.46 Å². The maximum absolute atomic E-state index is 13.4. The van der Waals surface area contributed by atoms with Crippen molar-refractivity contribution in [2.75, 3.05) is 13.1 Å². The molecule has 3 aromatic carbocycles. The van der Waals surface area contributed by atoms with Crippen LogP contribution in [0.4, 0.5) is 4.39 Å². The van der Waals surface area contributed by atoms with Crippen LogP contribution in [0.25, 0.3) is 0 Å². The average molecular weight is 455 g/mol. The fraction of sp³-hybridized carbons (Fsp3) is 0.208. The Balaban J connectivity index is 1.40. The van der Waals surface area contributed by atoms with Crippen LogP contribution in [0.5, 0.6) is 11.5 Å². The molecule has 1 fully saturated rings. The number of piperidine rings is 1. The molecule has 0 aliphatic carbocycles. The lowest BCUT2D eigenvalue weighted by molar-refractivity contribution is 0.0703. The first kappa shape index (κ1) is 22.0. The van der Waals surface area contributed by atoms with Crippen LogP contribution in [0.1, 0.15) is 23.2 Å². The average Bonchev–Trinajstić information content (AvgIpc) is 2.80. The number of carbonyl (C=O) groups is 1. The van der Waals surface area contributed by atoms with Crippen LogP contribution >= 0.6 is 0 Å². The summed E-state index contributed by atoms with van der Waals surface area (Å²) in [7, 11) is -3.88. The van der Waals surface area contributed by atoms with Gasteiger partial charge in [-0.05, 0) is 67.4 Å². The molecule has 6 nitrogen and oxygen atoms in total. The van der Waals surface area contributed by atoms with Gasteiger partial charge in [0.15, 0.2) is 0 Å². The van der Waals surface area contributed by atoms with E-state index in [1.165, 1.54) is 18.2 Å². The van der Waals surface area contributed by atoms with E-state index in [0.717, 1.165) is 6.07 Å². The van der Waals surface area contributed by atoms with Crippen molar-refractivity contribution in [3.63, 3.8) is 0 Å². The Bertz CT molecular complexity index is 1180. The van der Waals surface area contributed by atoms with E-state index in [-0.39, 0.29) is 17.3 Å². The number of para-hydroxylation sites is 1.